The first-order chi connectivity index (χ1) is 19.3. The van der Waals surface area contributed by atoms with Crippen molar-refractivity contribution in [3.05, 3.63) is 92.8 Å². The second-order valence-electron chi connectivity index (χ2n) is 9.55. The number of aryl methyl sites for hydroxylation is 2. The molecule has 0 unspecified atom stereocenters. The first-order valence-corrected chi connectivity index (χ1v) is 13.0. The highest BCUT2D eigenvalue weighted by Gasteiger charge is 2.22. The van der Waals surface area contributed by atoms with Gasteiger partial charge < -0.3 is 28.1 Å². The fourth-order valence-electron chi connectivity index (χ4n) is 4.62. The third-order valence-corrected chi connectivity index (χ3v) is 6.63. The van der Waals surface area contributed by atoms with Crippen LogP contribution in [0.2, 0.25) is 0 Å². The molecule has 1 heterocycles. The molecule has 4 rings (SSSR count). The minimum absolute atomic E-state index is 0.153. The number of carbonyl (C=O) groups excluding carboxylic acids is 1. The number of hydrogen-bond acceptors (Lipinski definition) is 8. The standard InChI is InChI=1S/C32H34O8/c1-19(2)39-26-15-14-23-20(3)24(13-12-21-10-8-7-9-11-21)32(34)40-29(23)25(26)18-38-31(33)22-16-27(35-4)30(37-6)28(17-22)36-5/h7-11,14-17,19H,12-13,18H2,1-6H3. The summed E-state index contributed by atoms with van der Waals surface area (Å²) in [6.45, 7) is 5.52. The van der Waals surface area contributed by atoms with Crippen molar-refractivity contribution in [3.8, 4) is 23.0 Å². The molecule has 0 bridgehead atoms. The van der Waals surface area contributed by atoms with E-state index in [0.29, 0.717) is 52.5 Å². The smallest absolute Gasteiger partial charge is 0.339 e. The zero-order valence-electron chi connectivity index (χ0n) is 23.7. The Hall–Kier alpha value is -4.46. The summed E-state index contributed by atoms with van der Waals surface area (Å²) in [6.07, 6.45) is 1.11. The van der Waals surface area contributed by atoms with Crippen LogP contribution in [0.1, 0.15) is 46.5 Å². The largest absolute Gasteiger partial charge is 0.493 e. The van der Waals surface area contributed by atoms with Crippen molar-refractivity contribution in [2.24, 2.45) is 0 Å². The number of methoxy groups -OCH3 is 3. The van der Waals surface area contributed by atoms with Gasteiger partial charge in [0.1, 0.15) is 17.9 Å². The summed E-state index contributed by atoms with van der Waals surface area (Å²) in [4.78, 5) is 26.3. The number of esters is 1. The number of benzene rings is 3. The van der Waals surface area contributed by atoms with E-state index in [1.54, 1.807) is 0 Å². The van der Waals surface area contributed by atoms with Crippen molar-refractivity contribution in [2.45, 2.75) is 46.3 Å². The third kappa shape index (κ3) is 6.06. The van der Waals surface area contributed by atoms with E-state index < -0.39 is 11.6 Å². The van der Waals surface area contributed by atoms with Crippen LogP contribution < -0.4 is 24.6 Å². The number of fused-ring (bicyclic) bond motifs is 1. The van der Waals surface area contributed by atoms with Crippen LogP contribution >= 0.6 is 0 Å². The zero-order valence-corrected chi connectivity index (χ0v) is 23.7. The van der Waals surface area contributed by atoms with Crippen LogP contribution in [0.3, 0.4) is 0 Å². The van der Waals surface area contributed by atoms with Gasteiger partial charge in [0.05, 0.1) is 38.6 Å². The van der Waals surface area contributed by atoms with Crippen LogP contribution in [0.5, 0.6) is 23.0 Å². The van der Waals surface area contributed by atoms with E-state index in [1.165, 1.54) is 33.5 Å². The maximum Gasteiger partial charge on any atom is 0.339 e. The Morgan fingerprint density at radius 2 is 1.52 bits per heavy atom. The topological polar surface area (TPSA) is 93.4 Å². The summed E-state index contributed by atoms with van der Waals surface area (Å²) >= 11 is 0. The molecule has 0 amide bonds. The molecule has 0 aliphatic heterocycles. The second-order valence-corrected chi connectivity index (χ2v) is 9.55. The number of ether oxygens (including phenoxy) is 5. The molecule has 1 aromatic heterocycles. The Morgan fingerprint density at radius 3 is 2.12 bits per heavy atom. The molecule has 0 aliphatic rings. The average Bonchev–Trinajstić information content (AvgIpc) is 2.95. The lowest BCUT2D eigenvalue weighted by atomic mass is 9.98. The molecule has 0 atom stereocenters. The molecule has 0 spiro atoms. The van der Waals surface area contributed by atoms with Crippen molar-refractivity contribution in [2.75, 3.05) is 21.3 Å². The Balaban J connectivity index is 1.69. The first-order valence-electron chi connectivity index (χ1n) is 13.0. The highest BCUT2D eigenvalue weighted by Crippen LogP contribution is 2.39. The fraction of sp³-hybridized carbons (Fsp3) is 0.312. The maximum absolute atomic E-state index is 13.2. The number of carbonyl (C=O) groups is 1. The van der Waals surface area contributed by atoms with E-state index in [1.807, 2.05) is 63.2 Å². The molecule has 0 N–H and O–H groups in total. The Bertz CT molecular complexity index is 1530. The average molecular weight is 547 g/mol. The highest BCUT2D eigenvalue weighted by molar-refractivity contribution is 5.92. The van der Waals surface area contributed by atoms with E-state index in [0.717, 1.165) is 16.5 Å². The Morgan fingerprint density at radius 1 is 0.850 bits per heavy atom. The number of hydrogen-bond donors (Lipinski definition) is 0. The van der Waals surface area contributed by atoms with Gasteiger partial charge in [-0.2, -0.15) is 0 Å². The fourth-order valence-corrected chi connectivity index (χ4v) is 4.62. The second kappa shape index (κ2) is 12.6. The predicted octanol–water partition coefficient (Wildman–Crippen LogP) is 6.06. The predicted molar refractivity (Wildman–Crippen MR) is 152 cm³/mol. The van der Waals surface area contributed by atoms with Gasteiger partial charge >= 0.3 is 11.6 Å². The normalized spacial score (nSPS) is 11.0. The molecule has 0 radical (unpaired) electrons. The molecule has 210 valence electrons. The van der Waals surface area contributed by atoms with Crippen molar-refractivity contribution in [1.29, 1.82) is 0 Å². The van der Waals surface area contributed by atoms with E-state index in [-0.39, 0.29) is 18.3 Å². The van der Waals surface area contributed by atoms with Gasteiger partial charge in [-0.25, -0.2) is 9.59 Å². The van der Waals surface area contributed by atoms with Crippen LogP contribution in [0, 0.1) is 6.92 Å². The van der Waals surface area contributed by atoms with E-state index in [4.69, 9.17) is 28.1 Å². The first kappa shape index (κ1) is 28.5. The van der Waals surface area contributed by atoms with Crippen molar-refractivity contribution in [3.63, 3.8) is 0 Å². The molecule has 40 heavy (non-hydrogen) atoms. The summed E-state index contributed by atoms with van der Waals surface area (Å²) in [5.74, 6) is 0.869. The van der Waals surface area contributed by atoms with Gasteiger partial charge in [0, 0.05) is 10.9 Å². The Kier molecular flexibility index (Phi) is 8.99. The van der Waals surface area contributed by atoms with Crippen LogP contribution in [0.25, 0.3) is 11.0 Å². The SMILES string of the molecule is COc1cc(C(=O)OCc2c(OC(C)C)ccc3c(C)c(CCc4ccccc4)c(=O)oc23)cc(OC)c1OC. The summed E-state index contributed by atoms with van der Waals surface area (Å²) < 4.78 is 33.6. The molecule has 4 aromatic rings. The third-order valence-electron chi connectivity index (χ3n) is 6.63. The quantitative estimate of drug-likeness (QED) is 0.166. The summed E-state index contributed by atoms with van der Waals surface area (Å²) in [6, 6.07) is 16.7. The molecule has 8 heteroatoms. The number of rotatable bonds is 11. The molecule has 3 aromatic carbocycles. The van der Waals surface area contributed by atoms with Crippen molar-refractivity contribution >= 4 is 16.9 Å². The molecule has 0 saturated heterocycles. The molecular weight excluding hydrogens is 512 g/mol. The lowest BCUT2D eigenvalue weighted by Crippen LogP contribution is -2.14. The summed E-state index contributed by atoms with van der Waals surface area (Å²) in [7, 11) is 4.42. The van der Waals surface area contributed by atoms with Crippen molar-refractivity contribution in [1.82, 2.24) is 0 Å². The highest BCUT2D eigenvalue weighted by atomic mass is 16.5. The molecule has 0 fully saturated rings. The minimum Gasteiger partial charge on any atom is -0.493 e. The monoisotopic (exact) mass is 546 g/mol. The van der Waals surface area contributed by atoms with E-state index in [2.05, 4.69) is 0 Å². The molecule has 0 saturated carbocycles. The van der Waals surface area contributed by atoms with Gasteiger partial charge in [-0.1, -0.05) is 30.3 Å². The maximum atomic E-state index is 13.2. The molecule has 8 nitrogen and oxygen atoms in total. The van der Waals surface area contributed by atoms with Crippen molar-refractivity contribution < 1.29 is 32.9 Å². The minimum atomic E-state index is -0.620. The van der Waals surface area contributed by atoms with Gasteiger partial charge in [-0.3, -0.25) is 0 Å². The molecule has 0 aliphatic carbocycles. The van der Waals surface area contributed by atoms with Crippen LogP contribution in [0.15, 0.2) is 63.8 Å². The van der Waals surface area contributed by atoms with E-state index >= 15 is 0 Å². The van der Waals surface area contributed by atoms with Gasteiger partial charge in [-0.15, -0.1) is 0 Å². The van der Waals surface area contributed by atoms with Crippen LogP contribution in [-0.2, 0) is 24.2 Å². The van der Waals surface area contributed by atoms with Crippen LogP contribution in [-0.4, -0.2) is 33.4 Å². The lowest BCUT2D eigenvalue weighted by Gasteiger charge is -2.18. The zero-order chi connectivity index (χ0) is 28.8. The van der Waals surface area contributed by atoms with Gasteiger partial charge in [0.15, 0.2) is 11.5 Å². The van der Waals surface area contributed by atoms with E-state index in [9.17, 15) is 9.59 Å². The van der Waals surface area contributed by atoms with Gasteiger partial charge in [0.2, 0.25) is 5.75 Å². The van der Waals surface area contributed by atoms with Gasteiger partial charge in [-0.05, 0) is 69.0 Å². The Labute approximate surface area is 233 Å². The summed E-state index contributed by atoms with van der Waals surface area (Å²) in [5.41, 5.74) is 3.19. The van der Waals surface area contributed by atoms with Crippen LogP contribution in [0.4, 0.5) is 0 Å². The van der Waals surface area contributed by atoms with Gasteiger partial charge in [0.25, 0.3) is 0 Å². The lowest BCUT2D eigenvalue weighted by molar-refractivity contribution is 0.0468. The molecular formula is C32H34O8. The summed E-state index contributed by atoms with van der Waals surface area (Å²) in [5, 5.41) is 0.762.